The van der Waals surface area contributed by atoms with Crippen LogP contribution >= 0.6 is 0 Å². The molecule has 1 atom stereocenters. The molecule has 0 radical (unpaired) electrons. The first-order chi connectivity index (χ1) is 7.36. The van der Waals surface area contributed by atoms with E-state index in [1.807, 2.05) is 30.3 Å². The summed E-state index contributed by atoms with van der Waals surface area (Å²) in [6, 6.07) is 2.02. The molecule has 78 valence electrons. The van der Waals surface area contributed by atoms with Crippen LogP contribution in [0.25, 0.3) is 0 Å². The van der Waals surface area contributed by atoms with Gasteiger partial charge in [0.15, 0.2) is 0 Å². The van der Waals surface area contributed by atoms with Crippen molar-refractivity contribution in [3.8, 4) is 0 Å². The van der Waals surface area contributed by atoms with Gasteiger partial charge in [0.05, 0.1) is 24.4 Å². The van der Waals surface area contributed by atoms with E-state index >= 15 is 0 Å². The molecule has 4 heteroatoms. The molecule has 0 amide bonds. The summed E-state index contributed by atoms with van der Waals surface area (Å²) in [5.41, 5.74) is 3.81. The second kappa shape index (κ2) is 3.24. The Balaban J connectivity index is 2.07. The molecule has 0 saturated heterocycles. The molecular formula is C11H13N3O. The highest BCUT2D eigenvalue weighted by molar-refractivity contribution is 5.34. The average molecular weight is 203 g/mol. The molecule has 1 N–H and O–H groups in total. The minimum absolute atomic E-state index is 0.376. The number of hydrogen-bond donors (Lipinski definition) is 1. The number of furan rings is 1. The van der Waals surface area contributed by atoms with Crippen molar-refractivity contribution >= 4 is 0 Å². The zero-order valence-corrected chi connectivity index (χ0v) is 8.60. The minimum Gasteiger partial charge on any atom is -0.472 e. The summed E-state index contributed by atoms with van der Waals surface area (Å²) in [4.78, 5) is 0. The number of fused-ring (bicyclic) bond motifs is 1. The number of rotatable bonds is 1. The Hall–Kier alpha value is -1.55. The number of aromatic nitrogens is 2. The summed E-state index contributed by atoms with van der Waals surface area (Å²) < 4.78 is 7.07. The second-order valence-corrected chi connectivity index (χ2v) is 3.91. The molecule has 4 nitrogen and oxygen atoms in total. The summed E-state index contributed by atoms with van der Waals surface area (Å²) >= 11 is 0. The Bertz CT molecular complexity index is 458. The van der Waals surface area contributed by atoms with Gasteiger partial charge in [0.1, 0.15) is 0 Å². The van der Waals surface area contributed by atoms with Gasteiger partial charge in [-0.2, -0.15) is 5.10 Å². The fourth-order valence-corrected chi connectivity index (χ4v) is 2.20. The van der Waals surface area contributed by atoms with E-state index < -0.39 is 0 Å². The van der Waals surface area contributed by atoms with E-state index in [1.54, 1.807) is 6.26 Å². The van der Waals surface area contributed by atoms with Gasteiger partial charge in [-0.3, -0.25) is 4.68 Å². The molecule has 1 aliphatic heterocycles. The van der Waals surface area contributed by atoms with Crippen LogP contribution in [0.1, 0.15) is 22.7 Å². The monoisotopic (exact) mass is 203 g/mol. The van der Waals surface area contributed by atoms with Gasteiger partial charge < -0.3 is 9.73 Å². The predicted molar refractivity (Wildman–Crippen MR) is 55.5 cm³/mol. The topological polar surface area (TPSA) is 43.0 Å². The quantitative estimate of drug-likeness (QED) is 0.758. The van der Waals surface area contributed by atoms with Crippen molar-refractivity contribution in [3.05, 3.63) is 41.6 Å². The van der Waals surface area contributed by atoms with Crippen LogP contribution in [0.4, 0.5) is 0 Å². The van der Waals surface area contributed by atoms with Crippen molar-refractivity contribution in [2.45, 2.75) is 12.5 Å². The highest BCUT2D eigenvalue weighted by Crippen LogP contribution is 2.29. The number of nitrogens with zero attached hydrogens (tertiary/aromatic N) is 2. The average Bonchev–Trinajstić information content (AvgIpc) is 2.88. The van der Waals surface area contributed by atoms with Crippen molar-refractivity contribution in [1.29, 1.82) is 0 Å². The predicted octanol–water partition coefficient (Wildman–Crippen LogP) is 1.25. The van der Waals surface area contributed by atoms with E-state index in [4.69, 9.17) is 4.42 Å². The van der Waals surface area contributed by atoms with Gasteiger partial charge in [-0.05, 0) is 11.6 Å². The molecule has 0 spiro atoms. The van der Waals surface area contributed by atoms with Crippen molar-refractivity contribution < 1.29 is 4.42 Å². The van der Waals surface area contributed by atoms with Crippen LogP contribution in [0.15, 0.2) is 29.2 Å². The Kier molecular flexibility index (Phi) is 1.89. The first-order valence-electron chi connectivity index (χ1n) is 5.10. The van der Waals surface area contributed by atoms with Crippen molar-refractivity contribution in [2.24, 2.45) is 7.05 Å². The number of aryl methyl sites for hydroxylation is 1. The van der Waals surface area contributed by atoms with E-state index in [2.05, 4.69) is 10.4 Å². The molecule has 3 rings (SSSR count). The summed E-state index contributed by atoms with van der Waals surface area (Å²) in [7, 11) is 1.98. The standard InChI is InChI=1S/C11H13N3O/c1-14-11-6-12-4-9(10(11)5-13-14)8-2-3-15-7-8/h2-3,5,7,9,12H,4,6H2,1H3. The van der Waals surface area contributed by atoms with Gasteiger partial charge in [-0.25, -0.2) is 0 Å². The maximum absolute atomic E-state index is 5.13. The molecule has 3 heterocycles. The molecule has 0 fully saturated rings. The van der Waals surface area contributed by atoms with E-state index in [1.165, 1.54) is 16.8 Å². The Morgan fingerprint density at radius 2 is 2.53 bits per heavy atom. The van der Waals surface area contributed by atoms with E-state index in [0.717, 1.165) is 13.1 Å². The lowest BCUT2D eigenvalue weighted by molar-refractivity contribution is 0.539. The SMILES string of the molecule is Cn1ncc2c1CNCC2c1ccoc1. The highest BCUT2D eigenvalue weighted by atomic mass is 16.3. The molecule has 2 aromatic rings. The summed E-state index contributed by atoms with van der Waals surface area (Å²) in [6.07, 6.45) is 5.50. The normalized spacial score (nSPS) is 20.2. The van der Waals surface area contributed by atoms with Crippen LogP contribution < -0.4 is 5.32 Å². The zero-order chi connectivity index (χ0) is 10.3. The molecular weight excluding hydrogens is 190 g/mol. The minimum atomic E-state index is 0.376. The molecule has 0 saturated carbocycles. The van der Waals surface area contributed by atoms with Crippen molar-refractivity contribution in [2.75, 3.05) is 6.54 Å². The van der Waals surface area contributed by atoms with Crippen LogP contribution in [-0.2, 0) is 13.6 Å². The summed E-state index contributed by atoms with van der Waals surface area (Å²) in [6.45, 7) is 1.86. The van der Waals surface area contributed by atoms with E-state index in [-0.39, 0.29) is 0 Å². The lowest BCUT2D eigenvalue weighted by atomic mass is 9.91. The third kappa shape index (κ3) is 1.29. The van der Waals surface area contributed by atoms with Crippen LogP contribution in [0, 0.1) is 0 Å². The van der Waals surface area contributed by atoms with Gasteiger partial charge in [0.2, 0.25) is 0 Å². The fourth-order valence-electron chi connectivity index (χ4n) is 2.20. The van der Waals surface area contributed by atoms with Crippen LogP contribution in [-0.4, -0.2) is 16.3 Å². The van der Waals surface area contributed by atoms with Gasteiger partial charge in [-0.15, -0.1) is 0 Å². The van der Waals surface area contributed by atoms with Crippen molar-refractivity contribution in [3.63, 3.8) is 0 Å². The maximum atomic E-state index is 5.13. The molecule has 0 aromatic carbocycles. The molecule has 0 aliphatic carbocycles. The maximum Gasteiger partial charge on any atom is 0.0941 e. The fraction of sp³-hybridized carbons (Fsp3) is 0.364. The third-order valence-electron chi connectivity index (χ3n) is 3.06. The first-order valence-corrected chi connectivity index (χ1v) is 5.10. The lowest BCUT2D eigenvalue weighted by Gasteiger charge is -2.22. The summed E-state index contributed by atoms with van der Waals surface area (Å²) in [5, 5.41) is 7.71. The lowest BCUT2D eigenvalue weighted by Crippen LogP contribution is -2.29. The number of hydrogen-bond acceptors (Lipinski definition) is 3. The molecule has 1 aliphatic rings. The van der Waals surface area contributed by atoms with Gasteiger partial charge >= 0.3 is 0 Å². The van der Waals surface area contributed by atoms with Crippen LogP contribution in [0.5, 0.6) is 0 Å². The highest BCUT2D eigenvalue weighted by Gasteiger charge is 2.24. The third-order valence-corrected chi connectivity index (χ3v) is 3.06. The largest absolute Gasteiger partial charge is 0.472 e. The first kappa shape index (κ1) is 8.73. The van der Waals surface area contributed by atoms with Gasteiger partial charge in [-0.1, -0.05) is 0 Å². The van der Waals surface area contributed by atoms with E-state index in [0.29, 0.717) is 5.92 Å². The van der Waals surface area contributed by atoms with Gasteiger partial charge in [0, 0.05) is 31.6 Å². The molecule has 2 aromatic heterocycles. The van der Waals surface area contributed by atoms with Crippen molar-refractivity contribution in [1.82, 2.24) is 15.1 Å². The Morgan fingerprint density at radius 3 is 3.33 bits per heavy atom. The smallest absolute Gasteiger partial charge is 0.0941 e. The van der Waals surface area contributed by atoms with Gasteiger partial charge in [0.25, 0.3) is 0 Å². The van der Waals surface area contributed by atoms with Crippen LogP contribution in [0.2, 0.25) is 0 Å². The second-order valence-electron chi connectivity index (χ2n) is 3.91. The molecule has 1 unspecified atom stereocenters. The molecule has 15 heavy (non-hydrogen) atoms. The van der Waals surface area contributed by atoms with Crippen LogP contribution in [0.3, 0.4) is 0 Å². The van der Waals surface area contributed by atoms with E-state index in [9.17, 15) is 0 Å². The Morgan fingerprint density at radius 1 is 1.60 bits per heavy atom. The Labute approximate surface area is 87.9 Å². The zero-order valence-electron chi connectivity index (χ0n) is 8.60. The molecule has 0 bridgehead atoms. The number of nitrogens with one attached hydrogen (secondary N) is 1. The summed E-state index contributed by atoms with van der Waals surface area (Å²) in [5.74, 6) is 0.376.